The van der Waals surface area contributed by atoms with Gasteiger partial charge < -0.3 is 5.32 Å². The molecule has 26 heavy (non-hydrogen) atoms. The summed E-state index contributed by atoms with van der Waals surface area (Å²) < 4.78 is 29.5. The van der Waals surface area contributed by atoms with Crippen LogP contribution in [0.3, 0.4) is 0 Å². The van der Waals surface area contributed by atoms with Gasteiger partial charge in [-0.25, -0.2) is 4.31 Å². The standard InChI is InChI=1S/C19H23N3O2S.ClH/c23-25(24)21(15-13-16-8-6-7-14-20-16)18-11-4-5-12-19(18)22(25)17-9-2-1-3-10-17;/h1-5,9-12,16,20H,6-8,13-15H2;1H. The van der Waals surface area contributed by atoms with Crippen molar-refractivity contribution in [1.82, 2.24) is 5.32 Å². The zero-order valence-electron chi connectivity index (χ0n) is 14.5. The Morgan fingerprint density at radius 1 is 0.962 bits per heavy atom. The Kier molecular flexibility index (Phi) is 5.75. The minimum absolute atomic E-state index is 0. The van der Waals surface area contributed by atoms with Crippen LogP contribution in [0.2, 0.25) is 0 Å². The molecular formula is C19H24ClN3O2S. The SMILES string of the molecule is Cl.O=S1(=O)N(CCC2CCCCN2)c2ccccc2N1c1ccccc1. The van der Waals surface area contributed by atoms with E-state index < -0.39 is 10.2 Å². The number of halogens is 1. The number of piperidine rings is 1. The Morgan fingerprint density at radius 3 is 2.35 bits per heavy atom. The average Bonchev–Trinajstić information content (AvgIpc) is 2.87. The van der Waals surface area contributed by atoms with E-state index in [4.69, 9.17) is 0 Å². The summed E-state index contributed by atoms with van der Waals surface area (Å²) in [4.78, 5) is 0. The number of hydrogen-bond acceptors (Lipinski definition) is 3. The van der Waals surface area contributed by atoms with Crippen LogP contribution in [0.25, 0.3) is 0 Å². The topological polar surface area (TPSA) is 52.7 Å². The molecule has 5 nitrogen and oxygen atoms in total. The van der Waals surface area contributed by atoms with Gasteiger partial charge in [0.1, 0.15) is 0 Å². The van der Waals surface area contributed by atoms with Crippen molar-refractivity contribution in [3.63, 3.8) is 0 Å². The van der Waals surface area contributed by atoms with Crippen LogP contribution in [-0.2, 0) is 10.2 Å². The second-order valence-corrected chi connectivity index (χ2v) is 8.31. The van der Waals surface area contributed by atoms with E-state index in [1.807, 2.05) is 54.6 Å². The maximum absolute atomic E-state index is 13.3. The van der Waals surface area contributed by atoms with Gasteiger partial charge in [-0.15, -0.1) is 12.4 Å². The molecule has 2 heterocycles. The number of fused-ring (bicyclic) bond motifs is 1. The van der Waals surface area contributed by atoms with Gasteiger partial charge in [-0.2, -0.15) is 8.42 Å². The molecule has 0 radical (unpaired) electrons. The summed E-state index contributed by atoms with van der Waals surface area (Å²) in [6.07, 6.45) is 4.38. The maximum Gasteiger partial charge on any atom is 0.330 e. The van der Waals surface area contributed by atoms with E-state index in [1.54, 1.807) is 4.31 Å². The molecule has 0 aliphatic carbocycles. The van der Waals surface area contributed by atoms with Crippen LogP contribution in [0.4, 0.5) is 17.1 Å². The number of nitrogens with zero attached hydrogens (tertiary/aromatic N) is 2. The molecule has 0 spiro atoms. The predicted octanol–water partition coefficient (Wildman–Crippen LogP) is 3.84. The lowest BCUT2D eigenvalue weighted by Gasteiger charge is -2.26. The number of nitrogens with one attached hydrogen (secondary N) is 1. The first-order valence-electron chi connectivity index (χ1n) is 8.88. The van der Waals surface area contributed by atoms with Crippen molar-refractivity contribution < 1.29 is 8.42 Å². The number of para-hydroxylation sites is 3. The molecule has 0 saturated carbocycles. The second kappa shape index (κ2) is 7.86. The van der Waals surface area contributed by atoms with Crippen LogP contribution in [0, 0.1) is 0 Å². The van der Waals surface area contributed by atoms with Gasteiger partial charge >= 0.3 is 10.2 Å². The van der Waals surface area contributed by atoms with Crippen LogP contribution in [0.1, 0.15) is 25.7 Å². The molecule has 2 aromatic carbocycles. The molecule has 2 aromatic rings. The second-order valence-electron chi connectivity index (χ2n) is 6.60. The fraction of sp³-hybridized carbons (Fsp3) is 0.368. The Bertz CT molecular complexity index is 839. The molecule has 1 atom stereocenters. The van der Waals surface area contributed by atoms with Crippen LogP contribution < -0.4 is 13.9 Å². The van der Waals surface area contributed by atoms with Crippen LogP contribution in [0.5, 0.6) is 0 Å². The van der Waals surface area contributed by atoms with Gasteiger partial charge in [0, 0.05) is 12.6 Å². The molecule has 1 saturated heterocycles. The average molecular weight is 394 g/mol. The van der Waals surface area contributed by atoms with Gasteiger partial charge in [0.15, 0.2) is 0 Å². The number of rotatable bonds is 4. The van der Waals surface area contributed by atoms with Gasteiger partial charge in [-0.1, -0.05) is 36.8 Å². The molecular weight excluding hydrogens is 370 g/mol. The van der Waals surface area contributed by atoms with E-state index in [1.165, 1.54) is 17.1 Å². The quantitative estimate of drug-likeness (QED) is 0.858. The first kappa shape index (κ1) is 19.0. The van der Waals surface area contributed by atoms with Crippen molar-refractivity contribution in [2.45, 2.75) is 31.7 Å². The van der Waals surface area contributed by atoms with Gasteiger partial charge in [0.05, 0.1) is 17.1 Å². The lowest BCUT2D eigenvalue weighted by atomic mass is 10.0. The fourth-order valence-corrected chi connectivity index (χ4v) is 5.44. The van der Waals surface area contributed by atoms with E-state index in [2.05, 4.69) is 5.32 Å². The molecule has 1 fully saturated rings. The molecule has 2 aliphatic rings. The third kappa shape index (κ3) is 3.41. The predicted molar refractivity (Wildman–Crippen MR) is 109 cm³/mol. The molecule has 7 heteroatoms. The molecule has 0 bridgehead atoms. The lowest BCUT2D eigenvalue weighted by Crippen LogP contribution is -2.40. The van der Waals surface area contributed by atoms with Crippen molar-refractivity contribution in [2.24, 2.45) is 0 Å². The van der Waals surface area contributed by atoms with Crippen LogP contribution in [-0.4, -0.2) is 27.5 Å². The molecule has 0 aromatic heterocycles. The van der Waals surface area contributed by atoms with Crippen molar-refractivity contribution in [3.05, 3.63) is 54.6 Å². The minimum Gasteiger partial charge on any atom is -0.314 e. The van der Waals surface area contributed by atoms with Crippen LogP contribution in [0.15, 0.2) is 54.6 Å². The normalized spacial score (nSPS) is 21.2. The summed E-state index contributed by atoms with van der Waals surface area (Å²) in [5, 5.41) is 3.50. The summed E-state index contributed by atoms with van der Waals surface area (Å²) in [7, 11) is -3.60. The minimum atomic E-state index is -3.60. The summed E-state index contributed by atoms with van der Waals surface area (Å²) in [6.45, 7) is 1.53. The summed E-state index contributed by atoms with van der Waals surface area (Å²) in [5.41, 5.74) is 2.17. The van der Waals surface area contributed by atoms with Gasteiger partial charge in [0.25, 0.3) is 0 Å². The van der Waals surface area contributed by atoms with E-state index >= 15 is 0 Å². The van der Waals surface area contributed by atoms with E-state index in [0.717, 1.165) is 30.8 Å². The molecule has 2 aliphatic heterocycles. The summed E-state index contributed by atoms with van der Waals surface area (Å²) in [6, 6.07) is 17.2. The van der Waals surface area contributed by atoms with Crippen molar-refractivity contribution in [1.29, 1.82) is 0 Å². The summed E-state index contributed by atoms with van der Waals surface area (Å²) >= 11 is 0. The Hall–Kier alpha value is -1.76. The maximum atomic E-state index is 13.3. The highest BCUT2D eigenvalue weighted by molar-refractivity contribution is 7.95. The van der Waals surface area contributed by atoms with Crippen molar-refractivity contribution >= 4 is 39.7 Å². The van der Waals surface area contributed by atoms with Crippen LogP contribution >= 0.6 is 12.4 Å². The van der Waals surface area contributed by atoms with Gasteiger partial charge in [0.2, 0.25) is 0 Å². The van der Waals surface area contributed by atoms with Gasteiger partial charge in [-0.3, -0.25) is 4.31 Å². The number of anilines is 3. The van der Waals surface area contributed by atoms with E-state index in [0.29, 0.717) is 18.3 Å². The first-order valence-corrected chi connectivity index (χ1v) is 10.3. The molecule has 0 amide bonds. The Balaban J connectivity index is 0.00000196. The fourth-order valence-electron chi connectivity index (χ4n) is 3.71. The van der Waals surface area contributed by atoms with Gasteiger partial charge in [-0.05, 0) is 50.1 Å². The monoisotopic (exact) mass is 393 g/mol. The molecule has 4 rings (SSSR count). The van der Waals surface area contributed by atoms with Crippen molar-refractivity contribution in [3.8, 4) is 0 Å². The molecule has 1 N–H and O–H groups in total. The molecule has 1 unspecified atom stereocenters. The zero-order valence-corrected chi connectivity index (χ0v) is 16.2. The third-order valence-electron chi connectivity index (χ3n) is 4.96. The number of benzene rings is 2. The zero-order chi connectivity index (χ0) is 17.3. The van der Waals surface area contributed by atoms with E-state index in [-0.39, 0.29) is 12.4 Å². The van der Waals surface area contributed by atoms with Crippen molar-refractivity contribution in [2.75, 3.05) is 21.7 Å². The largest absolute Gasteiger partial charge is 0.330 e. The summed E-state index contributed by atoms with van der Waals surface area (Å²) in [5.74, 6) is 0. The molecule has 140 valence electrons. The highest BCUT2D eigenvalue weighted by atomic mass is 35.5. The smallest absolute Gasteiger partial charge is 0.314 e. The Labute approximate surface area is 161 Å². The highest BCUT2D eigenvalue weighted by Gasteiger charge is 2.41. The third-order valence-corrected chi connectivity index (χ3v) is 6.77. The first-order chi connectivity index (χ1) is 12.2. The Morgan fingerprint density at radius 2 is 1.65 bits per heavy atom. The highest BCUT2D eigenvalue weighted by Crippen LogP contribution is 2.45. The lowest BCUT2D eigenvalue weighted by molar-refractivity contribution is 0.386. The number of hydrogen-bond donors (Lipinski definition) is 1. The van der Waals surface area contributed by atoms with E-state index in [9.17, 15) is 8.42 Å².